The molecule has 34 heavy (non-hydrogen) atoms. The fourth-order valence-corrected chi connectivity index (χ4v) is 3.63. The van der Waals surface area contributed by atoms with Crippen molar-refractivity contribution in [1.82, 2.24) is 0 Å². The van der Waals surface area contributed by atoms with Gasteiger partial charge in [0.1, 0.15) is 29.5 Å². The average Bonchev–Trinajstić information content (AvgIpc) is 2.81. The smallest absolute Gasteiger partial charge is 0.229 e. The topological polar surface area (TPSA) is 200 Å². The van der Waals surface area contributed by atoms with E-state index in [1.807, 2.05) is 0 Å². The van der Waals surface area contributed by atoms with Crippen molar-refractivity contribution in [3.63, 3.8) is 0 Å². The number of hydrogen-bond acceptors (Lipinski definition) is 12. The molecule has 182 valence electrons. The molecule has 0 radical (unpaired) electrons. The van der Waals surface area contributed by atoms with Gasteiger partial charge in [-0.05, 0) is 25.1 Å². The van der Waals surface area contributed by atoms with Crippen molar-refractivity contribution in [1.29, 1.82) is 0 Å². The molecule has 0 aliphatic carbocycles. The lowest BCUT2D eigenvalue weighted by Crippen LogP contribution is -2.58. The molecule has 1 aliphatic rings. The molecule has 5 atom stereocenters. The number of ether oxygens (including phenoxy) is 3. The molecule has 1 aromatic heterocycles. The van der Waals surface area contributed by atoms with Gasteiger partial charge in [0.05, 0.1) is 13.2 Å². The number of phenols is 4. The Morgan fingerprint density at radius 3 is 2.29 bits per heavy atom. The molecule has 2 heterocycles. The molecule has 0 saturated carbocycles. The maximum Gasteiger partial charge on any atom is 0.229 e. The van der Waals surface area contributed by atoms with E-state index >= 15 is 0 Å². The maximum atomic E-state index is 12.8. The van der Waals surface area contributed by atoms with Crippen molar-refractivity contribution in [2.45, 2.75) is 37.6 Å². The van der Waals surface area contributed by atoms with Crippen molar-refractivity contribution in [2.75, 3.05) is 7.11 Å². The first-order valence-corrected chi connectivity index (χ1v) is 10.0. The van der Waals surface area contributed by atoms with Gasteiger partial charge in [-0.15, -0.1) is 0 Å². The number of aliphatic hydroxyl groups is 3. The average molecular weight is 478 g/mol. The van der Waals surface area contributed by atoms with Crippen molar-refractivity contribution < 1.29 is 54.4 Å². The summed E-state index contributed by atoms with van der Waals surface area (Å²) in [6, 6.07) is 5.08. The Hall–Kier alpha value is -3.71. The van der Waals surface area contributed by atoms with E-state index < -0.39 is 70.1 Å². The van der Waals surface area contributed by atoms with Crippen LogP contribution in [-0.4, -0.2) is 73.6 Å². The van der Waals surface area contributed by atoms with Gasteiger partial charge in [0.15, 0.2) is 28.3 Å². The van der Waals surface area contributed by atoms with Crippen LogP contribution in [-0.2, 0) is 4.74 Å². The van der Waals surface area contributed by atoms with Crippen LogP contribution in [0.5, 0.6) is 34.5 Å². The highest BCUT2D eigenvalue weighted by Gasteiger charge is 2.44. The molecular formula is C22H22O12. The molecule has 0 bridgehead atoms. The second-order valence-corrected chi connectivity index (χ2v) is 7.74. The molecule has 7 N–H and O–H groups in total. The molecule has 5 unspecified atom stereocenters. The van der Waals surface area contributed by atoms with Gasteiger partial charge in [-0.3, -0.25) is 4.79 Å². The predicted octanol–water partition coefficient (Wildman–Crippen LogP) is 0.497. The molecule has 4 rings (SSSR count). The highest BCUT2D eigenvalue weighted by atomic mass is 16.7. The Labute approximate surface area is 191 Å². The third kappa shape index (κ3) is 3.72. The monoisotopic (exact) mass is 478 g/mol. The molecule has 1 aliphatic heterocycles. The Balaban J connectivity index is 1.90. The Kier molecular flexibility index (Phi) is 5.91. The number of aliphatic hydroxyl groups excluding tert-OH is 3. The van der Waals surface area contributed by atoms with Crippen molar-refractivity contribution in [2.24, 2.45) is 0 Å². The summed E-state index contributed by atoms with van der Waals surface area (Å²) in [4.78, 5) is 12.8. The van der Waals surface area contributed by atoms with Gasteiger partial charge in [0, 0.05) is 11.6 Å². The summed E-state index contributed by atoms with van der Waals surface area (Å²) in [6.45, 7) is 1.40. The minimum absolute atomic E-state index is 0.0772. The van der Waals surface area contributed by atoms with Crippen molar-refractivity contribution in [3.05, 3.63) is 34.5 Å². The minimum Gasteiger partial charge on any atom is -0.504 e. The van der Waals surface area contributed by atoms with E-state index in [9.17, 15) is 40.5 Å². The number of methoxy groups -OCH3 is 1. The van der Waals surface area contributed by atoms with Gasteiger partial charge in [0.25, 0.3) is 0 Å². The highest BCUT2D eigenvalue weighted by molar-refractivity contribution is 5.94. The predicted molar refractivity (Wildman–Crippen MR) is 114 cm³/mol. The Bertz CT molecular complexity index is 1300. The fraction of sp³-hybridized carbons (Fsp3) is 0.318. The zero-order valence-electron chi connectivity index (χ0n) is 17.9. The van der Waals surface area contributed by atoms with Crippen LogP contribution in [0.25, 0.3) is 22.3 Å². The van der Waals surface area contributed by atoms with E-state index in [1.54, 1.807) is 0 Å². The summed E-state index contributed by atoms with van der Waals surface area (Å²) < 4.78 is 21.6. The molecular weight excluding hydrogens is 456 g/mol. The van der Waals surface area contributed by atoms with Gasteiger partial charge in [-0.25, -0.2) is 0 Å². The number of phenolic OH excluding ortho intramolecular Hbond substituents is 4. The number of fused-ring (bicyclic) bond motifs is 1. The summed E-state index contributed by atoms with van der Waals surface area (Å²) in [6.07, 6.45) is -7.53. The number of rotatable bonds is 4. The van der Waals surface area contributed by atoms with Gasteiger partial charge in [-0.1, -0.05) is 0 Å². The molecule has 0 amide bonds. The molecule has 12 heteroatoms. The van der Waals surface area contributed by atoms with Gasteiger partial charge < -0.3 is 54.4 Å². The second kappa shape index (κ2) is 8.57. The molecule has 1 saturated heterocycles. The van der Waals surface area contributed by atoms with E-state index in [2.05, 4.69) is 0 Å². The highest BCUT2D eigenvalue weighted by Crippen LogP contribution is 2.49. The first-order chi connectivity index (χ1) is 16.0. The van der Waals surface area contributed by atoms with Gasteiger partial charge in [0.2, 0.25) is 23.5 Å². The summed E-state index contributed by atoms with van der Waals surface area (Å²) in [5.41, 5.74) is -1.06. The third-order valence-electron chi connectivity index (χ3n) is 5.56. The van der Waals surface area contributed by atoms with Crippen molar-refractivity contribution >= 4 is 11.0 Å². The van der Waals surface area contributed by atoms with Crippen LogP contribution in [0.2, 0.25) is 0 Å². The molecule has 1 fully saturated rings. The summed E-state index contributed by atoms with van der Waals surface area (Å²) in [7, 11) is 1.32. The Morgan fingerprint density at radius 2 is 1.62 bits per heavy atom. The zero-order valence-corrected chi connectivity index (χ0v) is 17.9. The maximum absolute atomic E-state index is 12.8. The van der Waals surface area contributed by atoms with E-state index in [1.165, 1.54) is 32.2 Å². The summed E-state index contributed by atoms with van der Waals surface area (Å²) in [5, 5.41) is 70.3. The van der Waals surface area contributed by atoms with Gasteiger partial charge >= 0.3 is 0 Å². The van der Waals surface area contributed by atoms with Crippen LogP contribution in [0, 0.1) is 0 Å². The summed E-state index contributed by atoms with van der Waals surface area (Å²) in [5.74, 6) is -3.94. The number of hydrogen-bond donors (Lipinski definition) is 7. The second-order valence-electron chi connectivity index (χ2n) is 7.74. The fourth-order valence-electron chi connectivity index (χ4n) is 3.63. The van der Waals surface area contributed by atoms with E-state index in [-0.39, 0.29) is 22.8 Å². The van der Waals surface area contributed by atoms with E-state index in [0.29, 0.717) is 0 Å². The lowest BCUT2D eigenvalue weighted by molar-refractivity contribution is -0.268. The minimum atomic E-state index is -1.78. The Morgan fingerprint density at radius 1 is 0.912 bits per heavy atom. The lowest BCUT2D eigenvalue weighted by Gasteiger charge is -2.38. The van der Waals surface area contributed by atoms with Crippen LogP contribution in [0.4, 0.5) is 0 Å². The lowest BCUT2D eigenvalue weighted by atomic mass is 10.00. The van der Waals surface area contributed by atoms with Crippen LogP contribution in [0.3, 0.4) is 0 Å². The number of aromatic hydroxyl groups is 4. The molecule has 12 nitrogen and oxygen atoms in total. The van der Waals surface area contributed by atoms with E-state index in [0.717, 1.165) is 6.07 Å². The largest absolute Gasteiger partial charge is 0.504 e. The SMILES string of the molecule is COc1cc(-c2cc(=O)c3c(O)c(O)c(O)c(OC4OC(C)C(O)C(O)C4O)c3o2)ccc1O. The van der Waals surface area contributed by atoms with Crippen LogP contribution < -0.4 is 14.9 Å². The molecule has 0 spiro atoms. The summed E-state index contributed by atoms with van der Waals surface area (Å²) >= 11 is 0. The van der Waals surface area contributed by atoms with Crippen LogP contribution in [0.15, 0.2) is 33.5 Å². The first-order valence-electron chi connectivity index (χ1n) is 10.0. The van der Waals surface area contributed by atoms with Crippen LogP contribution >= 0.6 is 0 Å². The van der Waals surface area contributed by atoms with Gasteiger partial charge in [-0.2, -0.15) is 0 Å². The van der Waals surface area contributed by atoms with Crippen molar-refractivity contribution in [3.8, 4) is 45.8 Å². The first kappa shape index (κ1) is 23.4. The molecule has 2 aromatic carbocycles. The van der Waals surface area contributed by atoms with Crippen LogP contribution in [0.1, 0.15) is 6.92 Å². The molecule has 3 aromatic rings. The zero-order chi connectivity index (χ0) is 24.9. The number of benzene rings is 2. The third-order valence-corrected chi connectivity index (χ3v) is 5.56. The standard InChI is InChI=1S/C22H22O12/c1-7-14(25)16(27)19(30)22(32-7)34-21-18(29)17(28)15(26)13-10(24)6-11(33-20(13)21)8-3-4-9(23)12(5-8)31-2/h3-7,14,16,19,22-23,25-30H,1-2H3. The normalized spacial score (nSPS) is 24.8. The van der Waals surface area contributed by atoms with E-state index in [4.69, 9.17) is 18.6 Å². The quantitative estimate of drug-likeness (QED) is 0.257.